The number of nitrogens with one attached hydrogen (secondary N) is 1. The highest BCUT2D eigenvalue weighted by Gasteiger charge is 2.42. The molecule has 1 N–H and O–H groups in total. The highest BCUT2D eigenvalue weighted by atomic mass is 35.5. The van der Waals surface area contributed by atoms with Crippen molar-refractivity contribution in [3.8, 4) is 5.69 Å². The van der Waals surface area contributed by atoms with E-state index in [2.05, 4.69) is 16.3 Å². The number of nitrogens with zero attached hydrogens (tertiary/aromatic N) is 5. The van der Waals surface area contributed by atoms with E-state index in [-0.39, 0.29) is 6.04 Å². The van der Waals surface area contributed by atoms with E-state index < -0.39 is 0 Å². The lowest BCUT2D eigenvalue weighted by molar-refractivity contribution is 0.487. The van der Waals surface area contributed by atoms with Gasteiger partial charge in [-0.05, 0) is 67.9 Å². The van der Waals surface area contributed by atoms with Crippen LogP contribution in [0.25, 0.3) is 5.69 Å². The number of fused-ring (bicyclic) bond motifs is 4. The predicted molar refractivity (Wildman–Crippen MR) is 152 cm³/mol. The van der Waals surface area contributed by atoms with Crippen molar-refractivity contribution in [2.45, 2.75) is 19.9 Å². The Morgan fingerprint density at radius 2 is 1.71 bits per heavy atom. The Morgan fingerprint density at radius 3 is 2.50 bits per heavy atom. The third-order valence-corrected chi connectivity index (χ3v) is 7.29. The number of aryl methyl sites for hydroxylation is 2. The quantitative estimate of drug-likeness (QED) is 0.268. The van der Waals surface area contributed by atoms with E-state index in [1.807, 2.05) is 97.4 Å². The average Bonchev–Trinajstić information content (AvgIpc) is 3.59. The molecule has 0 radical (unpaired) electrons. The summed E-state index contributed by atoms with van der Waals surface area (Å²) in [4.78, 5) is 12.4. The smallest absolute Gasteiger partial charge is 0.179 e. The Bertz CT molecular complexity index is 1740. The largest absolute Gasteiger partial charge is 0.467 e. The minimum absolute atomic E-state index is 0.292. The van der Waals surface area contributed by atoms with E-state index in [0.717, 1.165) is 51.1 Å². The third-order valence-electron chi connectivity index (χ3n) is 6.89. The van der Waals surface area contributed by atoms with Crippen molar-refractivity contribution < 1.29 is 4.42 Å². The number of benzene rings is 3. The van der Waals surface area contributed by atoms with Crippen molar-refractivity contribution in [3.63, 3.8) is 0 Å². The zero-order valence-electron chi connectivity index (χ0n) is 20.8. The van der Waals surface area contributed by atoms with E-state index >= 15 is 0 Å². The molecular formula is C30H23ClN6O. The van der Waals surface area contributed by atoms with Crippen LogP contribution in [-0.2, 0) is 0 Å². The summed E-state index contributed by atoms with van der Waals surface area (Å²) < 4.78 is 7.93. The number of aromatic nitrogens is 2. The molecule has 7 nitrogen and oxygen atoms in total. The van der Waals surface area contributed by atoms with Gasteiger partial charge in [-0.1, -0.05) is 48.0 Å². The van der Waals surface area contributed by atoms with Crippen molar-refractivity contribution in [2.75, 3.05) is 10.2 Å². The molecule has 5 aromatic rings. The minimum atomic E-state index is -0.292. The van der Waals surface area contributed by atoms with Crippen LogP contribution in [0.4, 0.5) is 22.9 Å². The molecular weight excluding hydrogens is 496 g/mol. The lowest BCUT2D eigenvalue weighted by Gasteiger charge is -2.39. The van der Waals surface area contributed by atoms with Crippen LogP contribution in [0, 0.1) is 13.8 Å². The number of aliphatic imine (C=N–C) groups is 2. The topological polar surface area (TPSA) is 71.0 Å². The van der Waals surface area contributed by atoms with Crippen molar-refractivity contribution in [2.24, 2.45) is 9.98 Å². The maximum atomic E-state index is 6.45. The van der Waals surface area contributed by atoms with Crippen LogP contribution in [0.2, 0.25) is 5.02 Å². The molecule has 3 aromatic carbocycles. The van der Waals surface area contributed by atoms with Gasteiger partial charge in [0.05, 0.1) is 34.6 Å². The Morgan fingerprint density at radius 1 is 0.895 bits per heavy atom. The van der Waals surface area contributed by atoms with Gasteiger partial charge in [0.15, 0.2) is 17.5 Å². The average molecular weight is 519 g/mol. The number of anilines is 2. The molecule has 8 heteroatoms. The Hall–Kier alpha value is -4.62. The fourth-order valence-corrected chi connectivity index (χ4v) is 5.25. The Balaban J connectivity index is 1.48. The van der Waals surface area contributed by atoms with Crippen LogP contribution in [0.3, 0.4) is 0 Å². The molecule has 38 heavy (non-hydrogen) atoms. The van der Waals surface area contributed by atoms with Crippen molar-refractivity contribution in [1.82, 2.24) is 9.78 Å². The Kier molecular flexibility index (Phi) is 5.19. The van der Waals surface area contributed by atoms with Crippen molar-refractivity contribution >= 4 is 46.2 Å². The maximum absolute atomic E-state index is 6.45. The van der Waals surface area contributed by atoms with Crippen LogP contribution in [-0.4, -0.2) is 21.5 Å². The van der Waals surface area contributed by atoms with Crippen LogP contribution < -0.4 is 10.2 Å². The molecule has 0 spiro atoms. The normalized spacial score (nSPS) is 15.8. The monoisotopic (exact) mass is 518 g/mol. The number of para-hydroxylation sites is 3. The van der Waals surface area contributed by atoms with Gasteiger partial charge < -0.3 is 14.6 Å². The molecule has 7 rings (SSSR count). The summed E-state index contributed by atoms with van der Waals surface area (Å²) in [5.74, 6) is 2.83. The van der Waals surface area contributed by atoms with Gasteiger partial charge in [0.25, 0.3) is 0 Å². The van der Waals surface area contributed by atoms with Crippen LogP contribution in [0.1, 0.15) is 28.6 Å². The second-order valence-corrected chi connectivity index (χ2v) is 9.74. The molecule has 4 heterocycles. The second kappa shape index (κ2) is 8.75. The number of rotatable bonds is 3. The van der Waals surface area contributed by atoms with E-state index in [1.165, 1.54) is 0 Å². The van der Waals surface area contributed by atoms with Gasteiger partial charge in [-0.3, -0.25) is 0 Å². The van der Waals surface area contributed by atoms with Gasteiger partial charge in [-0.15, -0.1) is 0 Å². The third kappa shape index (κ3) is 3.55. The molecule has 2 aromatic heterocycles. The fourth-order valence-electron chi connectivity index (χ4n) is 5.07. The van der Waals surface area contributed by atoms with E-state index in [4.69, 9.17) is 31.1 Å². The molecule has 0 bridgehead atoms. The fraction of sp³-hybridized carbons (Fsp3) is 0.100. The zero-order chi connectivity index (χ0) is 25.8. The first-order chi connectivity index (χ1) is 18.6. The molecule has 0 unspecified atom stereocenters. The minimum Gasteiger partial charge on any atom is -0.467 e. The van der Waals surface area contributed by atoms with Crippen molar-refractivity contribution in [3.05, 3.63) is 119 Å². The zero-order valence-corrected chi connectivity index (χ0v) is 21.5. The summed E-state index contributed by atoms with van der Waals surface area (Å²) in [6, 6.07) is 27.6. The molecule has 2 aliphatic heterocycles. The van der Waals surface area contributed by atoms with Gasteiger partial charge in [0.1, 0.15) is 11.8 Å². The molecule has 0 saturated heterocycles. The highest BCUT2D eigenvalue weighted by molar-refractivity contribution is 6.51. The van der Waals surface area contributed by atoms with E-state index in [1.54, 1.807) is 6.26 Å². The second-order valence-electron chi connectivity index (χ2n) is 9.33. The van der Waals surface area contributed by atoms with Crippen LogP contribution in [0.5, 0.6) is 0 Å². The molecule has 0 amide bonds. The summed E-state index contributed by atoms with van der Waals surface area (Å²) in [5, 5.41) is 9.10. The first-order valence-electron chi connectivity index (χ1n) is 12.4. The SMILES string of the molecule is Cc1ccc(NC2=Nc3ccccc3N3C2=Nc2c(c(C)nn2-c2ccccc2)[C@H]3c2ccco2)cc1Cl. The first kappa shape index (κ1) is 22.6. The van der Waals surface area contributed by atoms with Gasteiger partial charge in [-0.2, -0.15) is 5.10 Å². The number of amidine groups is 2. The van der Waals surface area contributed by atoms with E-state index in [9.17, 15) is 0 Å². The molecule has 186 valence electrons. The van der Waals surface area contributed by atoms with Gasteiger partial charge in [-0.25, -0.2) is 14.7 Å². The van der Waals surface area contributed by atoms with Crippen molar-refractivity contribution in [1.29, 1.82) is 0 Å². The Labute approximate surface area is 224 Å². The lowest BCUT2D eigenvalue weighted by atomic mass is 9.98. The van der Waals surface area contributed by atoms with Gasteiger partial charge in [0.2, 0.25) is 0 Å². The number of hydrogen-bond acceptors (Lipinski definition) is 6. The lowest BCUT2D eigenvalue weighted by Crippen LogP contribution is -2.46. The standard InChI is InChI=1S/C30H23ClN6O/c1-18-14-15-20(17-22(18)31)32-28-30-34-29-26(19(2)35-37(29)21-9-4-3-5-10-21)27(25-13-8-16-38-25)36(30)24-12-7-6-11-23(24)33-28/h3-17,27H,1-2H3,(H,32,33)/t27-/m1/s1. The maximum Gasteiger partial charge on any atom is 0.179 e. The van der Waals surface area contributed by atoms with Crippen LogP contribution in [0.15, 0.2) is 106 Å². The first-order valence-corrected chi connectivity index (χ1v) is 12.7. The molecule has 1 atom stereocenters. The summed E-state index contributed by atoms with van der Waals surface area (Å²) >= 11 is 6.45. The highest BCUT2D eigenvalue weighted by Crippen LogP contribution is 2.48. The van der Waals surface area contributed by atoms with Gasteiger partial charge >= 0.3 is 0 Å². The van der Waals surface area contributed by atoms with Gasteiger partial charge in [0, 0.05) is 10.7 Å². The summed E-state index contributed by atoms with van der Waals surface area (Å²) in [6.07, 6.45) is 1.70. The molecule has 2 aliphatic rings. The number of hydrogen-bond donors (Lipinski definition) is 1. The molecule has 0 fully saturated rings. The predicted octanol–water partition coefficient (Wildman–Crippen LogP) is 7.53. The number of halogens is 1. The number of furan rings is 1. The summed E-state index contributed by atoms with van der Waals surface area (Å²) in [6.45, 7) is 4.00. The summed E-state index contributed by atoms with van der Waals surface area (Å²) in [7, 11) is 0. The summed E-state index contributed by atoms with van der Waals surface area (Å²) in [5.41, 5.74) is 6.41. The van der Waals surface area contributed by atoms with Crippen LogP contribution >= 0.6 is 11.6 Å². The molecule has 0 saturated carbocycles. The van der Waals surface area contributed by atoms with E-state index in [0.29, 0.717) is 16.7 Å². The molecule has 0 aliphatic carbocycles.